The number of hydrogen-bond acceptors (Lipinski definition) is 4. The van der Waals surface area contributed by atoms with Crippen LogP contribution in [0.1, 0.15) is 5.56 Å². The molecular weight excluding hydrogens is 226 g/mol. The van der Waals surface area contributed by atoms with Gasteiger partial charge < -0.3 is 10.4 Å². The molecule has 0 unspecified atom stereocenters. The van der Waals surface area contributed by atoms with Crippen molar-refractivity contribution < 1.29 is 5.11 Å². The minimum Gasteiger partial charge on any atom is -0.395 e. The lowest BCUT2D eigenvalue weighted by molar-refractivity contribution is 0.217. The van der Waals surface area contributed by atoms with Crippen LogP contribution in [0.2, 0.25) is 0 Å². The Kier molecular flexibility index (Phi) is 4.12. The van der Waals surface area contributed by atoms with Gasteiger partial charge in [0.2, 0.25) is 0 Å². The first-order valence-electron chi connectivity index (χ1n) is 6.10. The monoisotopic (exact) mass is 245 g/mol. The van der Waals surface area contributed by atoms with Crippen molar-refractivity contribution >= 4 is 16.7 Å². The van der Waals surface area contributed by atoms with Gasteiger partial charge in [0.25, 0.3) is 0 Å². The molecule has 0 aliphatic rings. The van der Waals surface area contributed by atoms with Gasteiger partial charge in [0.05, 0.1) is 12.1 Å². The van der Waals surface area contributed by atoms with Crippen molar-refractivity contribution in [2.75, 3.05) is 32.6 Å². The lowest BCUT2D eigenvalue weighted by atomic mass is 10.1. The van der Waals surface area contributed by atoms with Gasteiger partial charge in [-0.1, -0.05) is 18.2 Å². The van der Waals surface area contributed by atoms with Crippen LogP contribution in [-0.4, -0.2) is 42.2 Å². The van der Waals surface area contributed by atoms with Gasteiger partial charge in [-0.3, -0.25) is 4.90 Å². The molecule has 96 valence electrons. The van der Waals surface area contributed by atoms with E-state index in [0.29, 0.717) is 6.54 Å². The van der Waals surface area contributed by atoms with E-state index in [-0.39, 0.29) is 6.61 Å². The molecule has 0 fully saturated rings. The number of aromatic nitrogens is 1. The summed E-state index contributed by atoms with van der Waals surface area (Å²) in [7, 11) is 3.87. The van der Waals surface area contributed by atoms with Gasteiger partial charge in [-0.2, -0.15) is 0 Å². The summed E-state index contributed by atoms with van der Waals surface area (Å²) in [5, 5.41) is 13.2. The van der Waals surface area contributed by atoms with Gasteiger partial charge in [0.1, 0.15) is 5.82 Å². The Hall–Kier alpha value is -1.65. The van der Waals surface area contributed by atoms with Crippen LogP contribution >= 0.6 is 0 Å². The third kappa shape index (κ3) is 2.78. The summed E-state index contributed by atoms with van der Waals surface area (Å²) in [5.41, 5.74) is 2.14. The number of hydrogen-bond donors (Lipinski definition) is 2. The molecule has 1 aromatic heterocycles. The number of rotatable bonds is 5. The number of likely N-dealkylation sites (N-methyl/N-ethyl adjacent to an activating group) is 1. The fraction of sp³-hybridized carbons (Fsp3) is 0.357. The first-order valence-corrected chi connectivity index (χ1v) is 6.10. The van der Waals surface area contributed by atoms with Crippen molar-refractivity contribution in [2.24, 2.45) is 0 Å². The van der Waals surface area contributed by atoms with E-state index < -0.39 is 0 Å². The zero-order valence-corrected chi connectivity index (χ0v) is 10.8. The highest BCUT2D eigenvalue weighted by Crippen LogP contribution is 2.21. The minimum atomic E-state index is 0.173. The average molecular weight is 245 g/mol. The number of anilines is 1. The highest BCUT2D eigenvalue weighted by Gasteiger charge is 2.07. The summed E-state index contributed by atoms with van der Waals surface area (Å²) in [6, 6.07) is 10.2. The van der Waals surface area contributed by atoms with Crippen molar-refractivity contribution in [1.29, 1.82) is 0 Å². The maximum atomic E-state index is 8.94. The molecule has 0 saturated heterocycles. The van der Waals surface area contributed by atoms with Gasteiger partial charge in [-0.25, -0.2) is 4.98 Å². The zero-order valence-electron chi connectivity index (χ0n) is 10.8. The Morgan fingerprint density at radius 1 is 1.33 bits per heavy atom. The van der Waals surface area contributed by atoms with Crippen LogP contribution in [0, 0.1) is 0 Å². The van der Waals surface area contributed by atoms with Crippen molar-refractivity contribution in [3.8, 4) is 0 Å². The maximum Gasteiger partial charge on any atom is 0.130 e. The molecular formula is C14H19N3O. The van der Waals surface area contributed by atoms with Gasteiger partial charge in [0, 0.05) is 31.1 Å². The molecule has 18 heavy (non-hydrogen) atoms. The molecule has 0 saturated carbocycles. The Morgan fingerprint density at radius 3 is 2.83 bits per heavy atom. The second-order valence-electron chi connectivity index (χ2n) is 4.40. The predicted octanol–water partition coefficient (Wildman–Crippen LogP) is 1.70. The Morgan fingerprint density at radius 2 is 2.11 bits per heavy atom. The quantitative estimate of drug-likeness (QED) is 0.842. The Balaban J connectivity index is 2.35. The van der Waals surface area contributed by atoms with E-state index in [2.05, 4.69) is 27.3 Å². The van der Waals surface area contributed by atoms with Crippen LogP contribution in [0.3, 0.4) is 0 Å². The average Bonchev–Trinajstić information content (AvgIpc) is 2.38. The first kappa shape index (κ1) is 12.8. The Labute approximate surface area is 107 Å². The summed E-state index contributed by atoms with van der Waals surface area (Å²) in [4.78, 5) is 6.68. The summed E-state index contributed by atoms with van der Waals surface area (Å²) in [6.07, 6.45) is 0. The van der Waals surface area contributed by atoms with E-state index in [1.165, 1.54) is 0 Å². The normalized spacial score (nSPS) is 11.1. The summed E-state index contributed by atoms with van der Waals surface area (Å²) < 4.78 is 0. The van der Waals surface area contributed by atoms with Crippen molar-refractivity contribution in [3.05, 3.63) is 35.9 Å². The zero-order chi connectivity index (χ0) is 13.0. The van der Waals surface area contributed by atoms with Crippen LogP contribution in [0.25, 0.3) is 10.9 Å². The largest absolute Gasteiger partial charge is 0.395 e. The molecule has 0 aliphatic carbocycles. The van der Waals surface area contributed by atoms with Crippen molar-refractivity contribution in [3.63, 3.8) is 0 Å². The molecule has 0 bridgehead atoms. The van der Waals surface area contributed by atoms with Crippen LogP contribution in [0.15, 0.2) is 30.3 Å². The number of nitrogens with one attached hydrogen (secondary N) is 1. The molecule has 2 aromatic rings. The fourth-order valence-electron chi connectivity index (χ4n) is 2.04. The number of fused-ring (bicyclic) bond motifs is 1. The first-order chi connectivity index (χ1) is 8.74. The molecule has 2 rings (SSSR count). The summed E-state index contributed by atoms with van der Waals surface area (Å²) in [5.74, 6) is 0.901. The second-order valence-corrected chi connectivity index (χ2v) is 4.40. The highest BCUT2D eigenvalue weighted by atomic mass is 16.3. The number of nitrogens with zero attached hydrogens (tertiary/aromatic N) is 2. The lowest BCUT2D eigenvalue weighted by Gasteiger charge is -2.17. The van der Waals surface area contributed by atoms with Crippen LogP contribution < -0.4 is 5.32 Å². The van der Waals surface area contributed by atoms with Gasteiger partial charge in [-0.15, -0.1) is 0 Å². The summed E-state index contributed by atoms with van der Waals surface area (Å²) in [6.45, 7) is 1.61. The van der Waals surface area contributed by atoms with E-state index in [1.807, 2.05) is 32.3 Å². The van der Waals surface area contributed by atoms with Crippen molar-refractivity contribution in [2.45, 2.75) is 6.54 Å². The minimum absolute atomic E-state index is 0.173. The number of pyridine rings is 1. The molecule has 1 aromatic carbocycles. The SMILES string of the molecule is CNc1nc2ccccc2cc1CN(C)CCO. The van der Waals surface area contributed by atoms with Crippen LogP contribution in [0.5, 0.6) is 0 Å². The molecule has 2 N–H and O–H groups in total. The van der Waals surface area contributed by atoms with Crippen molar-refractivity contribution in [1.82, 2.24) is 9.88 Å². The molecule has 0 spiro atoms. The number of benzene rings is 1. The third-order valence-corrected chi connectivity index (χ3v) is 2.96. The number of para-hydroxylation sites is 1. The fourth-order valence-corrected chi connectivity index (χ4v) is 2.04. The molecule has 0 atom stereocenters. The lowest BCUT2D eigenvalue weighted by Crippen LogP contribution is -2.22. The number of aliphatic hydroxyl groups is 1. The molecule has 4 heteroatoms. The van der Waals surface area contributed by atoms with Crippen LogP contribution in [0.4, 0.5) is 5.82 Å². The van der Waals surface area contributed by atoms with E-state index in [4.69, 9.17) is 5.11 Å². The smallest absolute Gasteiger partial charge is 0.130 e. The number of aliphatic hydroxyl groups excluding tert-OH is 1. The molecule has 0 aliphatic heterocycles. The Bertz CT molecular complexity index is 527. The van der Waals surface area contributed by atoms with E-state index in [9.17, 15) is 0 Å². The highest BCUT2D eigenvalue weighted by molar-refractivity contribution is 5.81. The van der Waals surface area contributed by atoms with Gasteiger partial charge >= 0.3 is 0 Å². The van der Waals surface area contributed by atoms with Gasteiger partial charge in [-0.05, 0) is 19.2 Å². The molecule has 1 heterocycles. The van der Waals surface area contributed by atoms with E-state index >= 15 is 0 Å². The third-order valence-electron chi connectivity index (χ3n) is 2.96. The molecule has 0 radical (unpaired) electrons. The second kappa shape index (κ2) is 5.80. The standard InChI is InChI=1S/C14H19N3O/c1-15-14-12(10-17(2)7-8-18)9-11-5-3-4-6-13(11)16-14/h3-6,9,18H,7-8,10H2,1-2H3,(H,15,16). The van der Waals surface area contributed by atoms with E-state index in [0.717, 1.165) is 28.8 Å². The topological polar surface area (TPSA) is 48.4 Å². The van der Waals surface area contributed by atoms with Crippen LogP contribution in [-0.2, 0) is 6.54 Å². The predicted molar refractivity (Wildman–Crippen MR) is 74.7 cm³/mol. The van der Waals surface area contributed by atoms with E-state index in [1.54, 1.807) is 0 Å². The molecule has 4 nitrogen and oxygen atoms in total. The maximum absolute atomic E-state index is 8.94. The summed E-state index contributed by atoms with van der Waals surface area (Å²) >= 11 is 0. The van der Waals surface area contributed by atoms with Gasteiger partial charge in [0.15, 0.2) is 0 Å². The molecule has 0 amide bonds.